The number of hydrogen-bond donors (Lipinski definition) is 2. The summed E-state index contributed by atoms with van der Waals surface area (Å²) in [5, 5.41) is 0. The fourth-order valence-electron chi connectivity index (χ4n) is 7.26. The Morgan fingerprint density at radius 3 is 1.08 bits per heavy atom. The molecule has 4 aromatic carbocycles. The van der Waals surface area contributed by atoms with Gasteiger partial charge < -0.3 is 19.8 Å². The molecule has 2 aliphatic rings. The molecule has 0 unspecified atom stereocenters. The Hall–Kier alpha value is -6.30. The van der Waals surface area contributed by atoms with Crippen LogP contribution in [0.3, 0.4) is 0 Å². The summed E-state index contributed by atoms with van der Waals surface area (Å²) in [6.07, 6.45) is 8.52. The van der Waals surface area contributed by atoms with Crippen molar-refractivity contribution < 1.29 is 19.5 Å². The van der Waals surface area contributed by atoms with Gasteiger partial charge in [0, 0.05) is 67.1 Å². The van der Waals surface area contributed by atoms with Crippen LogP contribution < -0.4 is 9.80 Å². The number of nitrogens with zero attached hydrogens (tertiary/aromatic N) is 4. The Morgan fingerprint density at radius 1 is 0.377 bits per heavy atom. The normalized spacial score (nSPS) is 11.7. The van der Waals surface area contributed by atoms with E-state index in [0.717, 1.165) is 89.8 Å². The Kier molecular flexibility index (Phi) is 9.18. The molecule has 0 saturated carbocycles. The smallest absolute Gasteiger partial charge is 0.0908 e. The van der Waals surface area contributed by atoms with Gasteiger partial charge >= 0.3 is 0 Å². The van der Waals surface area contributed by atoms with Crippen LogP contribution in [0, 0.1) is 0 Å². The van der Waals surface area contributed by atoms with Crippen molar-refractivity contribution in [2.24, 2.45) is 0 Å². The van der Waals surface area contributed by atoms with Gasteiger partial charge in [-0.15, -0.1) is 0 Å². The maximum Gasteiger partial charge on any atom is 0.0908 e. The molecular formula is C46H36N6Zn. The molecule has 5 heterocycles. The fraction of sp³-hybridized carbons (Fsp3) is 0.0435. The molecule has 9 rings (SSSR count). The number of aromatic amines is 2. The predicted molar refractivity (Wildman–Crippen MR) is 219 cm³/mol. The van der Waals surface area contributed by atoms with Crippen LogP contribution in [0.4, 0.5) is 22.7 Å². The van der Waals surface area contributed by atoms with E-state index in [1.165, 1.54) is 0 Å². The van der Waals surface area contributed by atoms with Gasteiger partial charge in [-0.2, -0.15) is 0 Å². The minimum Gasteiger partial charge on any atom is -0.353 e. The zero-order valence-corrected chi connectivity index (χ0v) is 32.6. The van der Waals surface area contributed by atoms with Gasteiger partial charge in [-0.3, -0.25) is 0 Å². The van der Waals surface area contributed by atoms with Gasteiger partial charge in [-0.05, 0) is 84.0 Å². The summed E-state index contributed by atoms with van der Waals surface area (Å²) in [5.74, 6) is 0. The summed E-state index contributed by atoms with van der Waals surface area (Å²) in [4.78, 5) is 22.8. The first-order chi connectivity index (χ1) is 25.6. The van der Waals surface area contributed by atoms with Crippen LogP contribution in [0.2, 0.25) is 0 Å². The third-order valence-corrected chi connectivity index (χ3v) is 9.78. The second kappa shape index (κ2) is 14.4. The van der Waals surface area contributed by atoms with Crippen molar-refractivity contribution >= 4 is 69.1 Å². The van der Waals surface area contributed by atoms with Crippen molar-refractivity contribution in [1.29, 1.82) is 0 Å². The van der Waals surface area contributed by atoms with E-state index in [0.29, 0.717) is 0 Å². The van der Waals surface area contributed by atoms with E-state index < -0.39 is 0 Å². The molecule has 0 saturated heterocycles. The molecule has 0 spiro atoms. The largest absolute Gasteiger partial charge is 0.353 e. The van der Waals surface area contributed by atoms with Crippen LogP contribution in [0.5, 0.6) is 0 Å². The van der Waals surface area contributed by atoms with E-state index in [9.17, 15) is 0 Å². The van der Waals surface area contributed by atoms with Crippen molar-refractivity contribution in [3.05, 3.63) is 168 Å². The predicted octanol–water partition coefficient (Wildman–Crippen LogP) is 11.5. The number of hydrogen-bond acceptors (Lipinski definition) is 4. The Labute approximate surface area is 321 Å². The number of H-pyrrole nitrogens is 2. The first-order valence-corrected chi connectivity index (χ1v) is 17.5. The summed E-state index contributed by atoms with van der Waals surface area (Å²) >= 11 is 0. The average molecular weight is 738 g/mol. The zero-order chi connectivity index (χ0) is 35.0. The summed E-state index contributed by atoms with van der Waals surface area (Å²) in [6, 6.07) is 50.5. The molecule has 53 heavy (non-hydrogen) atoms. The standard InChI is InChI=1S/C46H36N6.Zn/c1-51(33-19-11-5-12-20-33)45-39-27-23-35(47-39)43(31-15-7-3-8-16-31)37-25-29-41(49-37)46(52(2)34-21-13-6-14-22-34)42-30-26-38(50-42)44(32-17-9-4-10-18-32)36-24-28-40(45)48-36;/h3-30,47,50H,1-2H3;. The first kappa shape index (κ1) is 33.8. The minimum atomic E-state index is 0. The van der Waals surface area contributed by atoms with E-state index in [4.69, 9.17) is 9.97 Å². The fourth-order valence-corrected chi connectivity index (χ4v) is 7.26. The average Bonchev–Trinajstić information content (AvgIpc) is 4.04. The third-order valence-electron chi connectivity index (χ3n) is 9.78. The summed E-state index contributed by atoms with van der Waals surface area (Å²) in [7, 11) is 4.20. The molecule has 252 valence electrons. The van der Waals surface area contributed by atoms with Gasteiger partial charge in [0.25, 0.3) is 0 Å². The second-order valence-electron chi connectivity index (χ2n) is 13.0. The molecule has 0 atom stereocenters. The Morgan fingerprint density at radius 2 is 0.698 bits per heavy atom. The van der Waals surface area contributed by atoms with Crippen molar-refractivity contribution in [2.75, 3.05) is 23.9 Å². The van der Waals surface area contributed by atoms with Crippen molar-refractivity contribution in [1.82, 2.24) is 19.9 Å². The van der Waals surface area contributed by atoms with Crippen LogP contribution in [0.1, 0.15) is 22.8 Å². The van der Waals surface area contributed by atoms with E-state index in [1.54, 1.807) is 0 Å². The molecular weight excluding hydrogens is 702 g/mol. The molecule has 0 aliphatic carbocycles. The molecule has 0 amide bonds. The number of fused-ring (bicyclic) bond motifs is 8. The van der Waals surface area contributed by atoms with Crippen LogP contribution >= 0.6 is 0 Å². The molecule has 8 bridgehead atoms. The SMILES string of the molecule is CN(c1ccccc1)c1c2nc(c(-c3ccccc3)c3ccc([nH]3)c(N(C)c3ccccc3)c3nc(c(-c4ccccc4)c4ccc1[nH]4)C=C3)C=C2.[Zn]. The number of benzene rings is 4. The molecule has 2 aliphatic heterocycles. The summed E-state index contributed by atoms with van der Waals surface area (Å²) < 4.78 is 0. The summed E-state index contributed by atoms with van der Waals surface area (Å²) in [6.45, 7) is 0. The molecule has 7 aromatic rings. The molecule has 6 nitrogen and oxygen atoms in total. The van der Waals surface area contributed by atoms with Crippen molar-refractivity contribution in [3.8, 4) is 22.3 Å². The van der Waals surface area contributed by atoms with Crippen molar-refractivity contribution in [3.63, 3.8) is 0 Å². The Balaban J connectivity index is 0.00000400. The van der Waals surface area contributed by atoms with Crippen LogP contribution in [0.25, 0.3) is 68.6 Å². The van der Waals surface area contributed by atoms with Gasteiger partial charge in [0.15, 0.2) is 0 Å². The van der Waals surface area contributed by atoms with E-state index in [2.05, 4.69) is 179 Å². The molecule has 2 N–H and O–H groups in total. The molecule has 7 heteroatoms. The number of nitrogens with one attached hydrogen (secondary N) is 2. The van der Waals surface area contributed by atoms with E-state index >= 15 is 0 Å². The first-order valence-electron chi connectivity index (χ1n) is 17.5. The maximum atomic E-state index is 5.39. The second-order valence-corrected chi connectivity index (χ2v) is 13.0. The van der Waals surface area contributed by atoms with E-state index in [-0.39, 0.29) is 19.5 Å². The molecule has 0 fully saturated rings. The van der Waals surface area contributed by atoms with Crippen LogP contribution in [-0.4, -0.2) is 34.0 Å². The van der Waals surface area contributed by atoms with Crippen molar-refractivity contribution in [2.45, 2.75) is 0 Å². The third kappa shape index (κ3) is 6.30. The number of rotatable bonds is 6. The van der Waals surface area contributed by atoms with Gasteiger partial charge in [-0.1, -0.05) is 97.1 Å². The Bertz CT molecular complexity index is 2460. The number of aromatic nitrogens is 4. The van der Waals surface area contributed by atoms with E-state index in [1.807, 2.05) is 24.3 Å². The van der Waals surface area contributed by atoms with Gasteiger partial charge in [0.1, 0.15) is 0 Å². The van der Waals surface area contributed by atoms with Crippen LogP contribution in [0.15, 0.2) is 146 Å². The number of para-hydroxylation sites is 2. The zero-order valence-electron chi connectivity index (χ0n) is 29.7. The van der Waals surface area contributed by atoms with Gasteiger partial charge in [0.05, 0.1) is 45.2 Å². The minimum absolute atomic E-state index is 0. The number of anilines is 4. The summed E-state index contributed by atoms with van der Waals surface area (Å²) in [5.41, 5.74) is 15.6. The van der Waals surface area contributed by atoms with Gasteiger partial charge in [0.2, 0.25) is 0 Å². The topological polar surface area (TPSA) is 63.8 Å². The molecule has 3 aromatic heterocycles. The quantitative estimate of drug-likeness (QED) is 0.167. The van der Waals surface area contributed by atoms with Gasteiger partial charge in [-0.25, -0.2) is 9.97 Å². The monoisotopic (exact) mass is 736 g/mol. The molecule has 0 radical (unpaired) electrons. The maximum absolute atomic E-state index is 5.39. The van der Waals surface area contributed by atoms with Crippen LogP contribution in [-0.2, 0) is 19.5 Å².